The molecule has 1 amide bonds. The standard InChI is InChI=1S/C22H28N2O4S/c1-29(26,27)23-16-20-14-8-9-15-24(20)21(25)17-28-22(18-10-4-2-5-11-18)19-12-6-3-7-13-19/h2-7,10-13,20,22-23H,8-9,14-17H2,1H3. The summed E-state index contributed by atoms with van der Waals surface area (Å²) in [6, 6.07) is 19.5. The minimum Gasteiger partial charge on any atom is -0.359 e. The molecule has 1 aliphatic heterocycles. The Labute approximate surface area is 172 Å². The summed E-state index contributed by atoms with van der Waals surface area (Å²) in [4.78, 5) is 14.7. The zero-order valence-corrected chi connectivity index (χ0v) is 17.5. The molecule has 1 saturated heterocycles. The number of hydrogen-bond donors (Lipinski definition) is 1. The van der Waals surface area contributed by atoms with Gasteiger partial charge in [0.25, 0.3) is 0 Å². The number of carbonyl (C=O) groups is 1. The molecule has 1 unspecified atom stereocenters. The van der Waals surface area contributed by atoms with Crippen LogP contribution in [0.2, 0.25) is 0 Å². The first-order valence-electron chi connectivity index (χ1n) is 9.89. The molecule has 1 fully saturated rings. The van der Waals surface area contributed by atoms with E-state index in [-0.39, 0.29) is 31.2 Å². The Morgan fingerprint density at radius 1 is 1.07 bits per heavy atom. The quantitative estimate of drug-likeness (QED) is 0.718. The number of hydrogen-bond acceptors (Lipinski definition) is 4. The molecular formula is C22H28N2O4S. The van der Waals surface area contributed by atoms with Crippen molar-refractivity contribution in [2.45, 2.75) is 31.4 Å². The van der Waals surface area contributed by atoms with E-state index in [2.05, 4.69) is 4.72 Å². The number of carbonyl (C=O) groups excluding carboxylic acids is 1. The fourth-order valence-corrected chi connectivity index (χ4v) is 4.16. The predicted octanol–water partition coefficient (Wildman–Crippen LogP) is 2.72. The van der Waals surface area contributed by atoms with Crippen LogP contribution in [0.3, 0.4) is 0 Å². The molecule has 6 nitrogen and oxygen atoms in total. The van der Waals surface area contributed by atoms with E-state index in [4.69, 9.17) is 4.74 Å². The zero-order chi connectivity index (χ0) is 20.7. The van der Waals surface area contributed by atoms with Crippen LogP contribution >= 0.6 is 0 Å². The van der Waals surface area contributed by atoms with Crippen LogP contribution in [0.1, 0.15) is 36.5 Å². The number of nitrogens with one attached hydrogen (secondary N) is 1. The Bertz CT molecular complexity index is 848. The van der Waals surface area contributed by atoms with Crippen molar-refractivity contribution in [3.63, 3.8) is 0 Å². The molecule has 0 bridgehead atoms. The zero-order valence-electron chi connectivity index (χ0n) is 16.7. The first kappa shape index (κ1) is 21.5. The van der Waals surface area contributed by atoms with E-state index >= 15 is 0 Å². The van der Waals surface area contributed by atoms with Crippen LogP contribution in [-0.4, -0.2) is 51.2 Å². The Morgan fingerprint density at radius 2 is 1.66 bits per heavy atom. The molecule has 1 N–H and O–H groups in total. The second kappa shape index (κ2) is 10.0. The number of benzene rings is 2. The van der Waals surface area contributed by atoms with E-state index < -0.39 is 10.0 Å². The van der Waals surface area contributed by atoms with Crippen LogP contribution in [0, 0.1) is 0 Å². The van der Waals surface area contributed by atoms with E-state index in [0.717, 1.165) is 36.6 Å². The molecule has 2 aromatic carbocycles. The van der Waals surface area contributed by atoms with Crippen molar-refractivity contribution < 1.29 is 17.9 Å². The molecule has 0 aliphatic carbocycles. The van der Waals surface area contributed by atoms with E-state index in [9.17, 15) is 13.2 Å². The highest BCUT2D eigenvalue weighted by Gasteiger charge is 2.28. The second-order valence-corrected chi connectivity index (χ2v) is 9.20. The summed E-state index contributed by atoms with van der Waals surface area (Å²) < 4.78 is 31.5. The fraction of sp³-hybridized carbons (Fsp3) is 0.409. The number of ether oxygens (including phenoxy) is 1. The van der Waals surface area contributed by atoms with Gasteiger partial charge < -0.3 is 9.64 Å². The van der Waals surface area contributed by atoms with Crippen molar-refractivity contribution in [1.29, 1.82) is 0 Å². The maximum atomic E-state index is 12.9. The lowest BCUT2D eigenvalue weighted by Crippen LogP contribution is -2.50. The first-order chi connectivity index (χ1) is 13.9. The highest BCUT2D eigenvalue weighted by Crippen LogP contribution is 2.26. The van der Waals surface area contributed by atoms with Crippen LogP contribution < -0.4 is 4.72 Å². The largest absolute Gasteiger partial charge is 0.359 e. The van der Waals surface area contributed by atoms with E-state index in [1.54, 1.807) is 4.90 Å². The van der Waals surface area contributed by atoms with Gasteiger partial charge in [-0.2, -0.15) is 0 Å². The Hall–Kier alpha value is -2.22. The fourth-order valence-electron chi connectivity index (χ4n) is 3.67. The molecule has 0 saturated carbocycles. The van der Waals surface area contributed by atoms with Crippen LogP contribution in [0.15, 0.2) is 60.7 Å². The molecule has 0 radical (unpaired) electrons. The van der Waals surface area contributed by atoms with E-state index in [1.807, 2.05) is 60.7 Å². The van der Waals surface area contributed by atoms with Crippen LogP contribution in [0.4, 0.5) is 0 Å². The molecule has 0 spiro atoms. The molecular weight excluding hydrogens is 388 g/mol. The highest BCUT2D eigenvalue weighted by molar-refractivity contribution is 7.88. The summed E-state index contributed by atoms with van der Waals surface area (Å²) in [5, 5.41) is 0. The number of nitrogens with zero attached hydrogens (tertiary/aromatic N) is 1. The summed E-state index contributed by atoms with van der Waals surface area (Å²) in [5.74, 6) is -0.109. The smallest absolute Gasteiger partial charge is 0.248 e. The van der Waals surface area contributed by atoms with Gasteiger partial charge in [0.05, 0.1) is 6.26 Å². The van der Waals surface area contributed by atoms with Gasteiger partial charge in [-0.05, 0) is 30.4 Å². The lowest BCUT2D eigenvalue weighted by molar-refractivity contribution is -0.141. The highest BCUT2D eigenvalue weighted by atomic mass is 32.2. The predicted molar refractivity (Wildman–Crippen MR) is 113 cm³/mol. The molecule has 156 valence electrons. The van der Waals surface area contributed by atoms with Gasteiger partial charge in [-0.15, -0.1) is 0 Å². The van der Waals surface area contributed by atoms with Gasteiger partial charge in [0.15, 0.2) is 0 Å². The molecule has 3 rings (SSSR count). The summed E-state index contributed by atoms with van der Waals surface area (Å²) in [6.45, 7) is 0.814. The lowest BCUT2D eigenvalue weighted by Gasteiger charge is -2.36. The average molecular weight is 417 g/mol. The number of piperidine rings is 1. The van der Waals surface area contributed by atoms with Crippen LogP contribution in [0.5, 0.6) is 0 Å². The van der Waals surface area contributed by atoms with Gasteiger partial charge in [0.1, 0.15) is 12.7 Å². The Kier molecular flexibility index (Phi) is 7.41. The first-order valence-corrected chi connectivity index (χ1v) is 11.8. The molecule has 29 heavy (non-hydrogen) atoms. The second-order valence-electron chi connectivity index (χ2n) is 7.37. The van der Waals surface area contributed by atoms with Crippen molar-refractivity contribution in [3.05, 3.63) is 71.8 Å². The van der Waals surface area contributed by atoms with Crippen molar-refractivity contribution in [3.8, 4) is 0 Å². The minimum absolute atomic E-state index is 0.0518. The van der Waals surface area contributed by atoms with Crippen molar-refractivity contribution >= 4 is 15.9 Å². The summed E-state index contributed by atoms with van der Waals surface area (Å²) >= 11 is 0. The lowest BCUT2D eigenvalue weighted by atomic mass is 10.0. The van der Waals surface area contributed by atoms with E-state index in [1.165, 1.54) is 0 Å². The van der Waals surface area contributed by atoms with Gasteiger partial charge in [-0.1, -0.05) is 60.7 Å². The molecule has 1 atom stereocenters. The SMILES string of the molecule is CS(=O)(=O)NCC1CCCCN1C(=O)COC(c1ccccc1)c1ccccc1. The summed E-state index contributed by atoms with van der Waals surface area (Å²) in [5.41, 5.74) is 1.97. The van der Waals surface area contributed by atoms with Crippen LogP contribution in [0.25, 0.3) is 0 Å². The van der Waals surface area contributed by atoms with Gasteiger partial charge in [-0.3, -0.25) is 4.79 Å². The molecule has 2 aromatic rings. The average Bonchev–Trinajstić information content (AvgIpc) is 2.73. The van der Waals surface area contributed by atoms with Crippen molar-refractivity contribution in [2.75, 3.05) is 26.0 Å². The number of likely N-dealkylation sites (tertiary alicyclic amines) is 1. The topological polar surface area (TPSA) is 75.7 Å². The molecule has 7 heteroatoms. The molecule has 0 aromatic heterocycles. The number of sulfonamides is 1. The minimum atomic E-state index is -3.29. The van der Waals surface area contributed by atoms with Gasteiger partial charge >= 0.3 is 0 Å². The van der Waals surface area contributed by atoms with Gasteiger partial charge in [0, 0.05) is 19.1 Å². The van der Waals surface area contributed by atoms with E-state index in [0.29, 0.717) is 6.54 Å². The van der Waals surface area contributed by atoms with Gasteiger partial charge in [0.2, 0.25) is 15.9 Å². The van der Waals surface area contributed by atoms with Crippen LogP contribution in [-0.2, 0) is 19.6 Å². The number of rotatable bonds is 8. The molecule has 1 heterocycles. The molecule has 1 aliphatic rings. The van der Waals surface area contributed by atoms with Crippen molar-refractivity contribution in [2.24, 2.45) is 0 Å². The summed E-state index contributed by atoms with van der Waals surface area (Å²) in [7, 11) is -3.29. The number of amides is 1. The maximum Gasteiger partial charge on any atom is 0.248 e. The third kappa shape index (κ3) is 6.39. The Morgan fingerprint density at radius 3 is 2.21 bits per heavy atom. The maximum absolute atomic E-state index is 12.9. The third-order valence-electron chi connectivity index (χ3n) is 5.11. The van der Waals surface area contributed by atoms with Gasteiger partial charge in [-0.25, -0.2) is 13.1 Å². The van der Waals surface area contributed by atoms with Crippen molar-refractivity contribution in [1.82, 2.24) is 9.62 Å². The third-order valence-corrected chi connectivity index (χ3v) is 5.80. The Balaban J connectivity index is 1.69. The summed E-state index contributed by atoms with van der Waals surface area (Å²) in [6.07, 6.45) is 3.49. The monoisotopic (exact) mass is 416 g/mol. The normalized spacial score (nSPS) is 17.4.